The van der Waals surface area contributed by atoms with Crippen LogP contribution in [0.25, 0.3) is 0 Å². The van der Waals surface area contributed by atoms with Crippen molar-refractivity contribution < 1.29 is 0 Å². The van der Waals surface area contributed by atoms with Gasteiger partial charge in [-0.1, -0.05) is 144 Å². The van der Waals surface area contributed by atoms with E-state index in [2.05, 4.69) is 144 Å². The van der Waals surface area contributed by atoms with Gasteiger partial charge in [-0.3, -0.25) is 0 Å². The SMILES string of the molecule is C[Si](C)(C)[Si]1([Si](C)(C)C)[Si](C)(C)[Si](C)(C)[Si@@](C)([Si]([Si](C)(C)C)([Si](C)(C)C)[Si](C)(C)C)[Si]1(C)C. The summed E-state index contributed by atoms with van der Waals surface area (Å²) >= 11 is 0. The molecule has 0 aromatic rings. The number of hydrogen-bond donors (Lipinski definition) is 0. The Morgan fingerprint density at radius 1 is 0.333 bits per heavy atom. The van der Waals surface area contributed by atoms with Crippen molar-refractivity contribution in [3.05, 3.63) is 0 Å². The summed E-state index contributed by atoms with van der Waals surface area (Å²) in [6, 6.07) is 0. The molecule has 1 aliphatic heterocycles. The maximum atomic E-state index is 3.27. The molecule has 0 bridgehead atoms. The molecule has 1 fully saturated rings. The monoisotopic (exact) mass is 638 g/mol. The first-order chi connectivity index (χ1) is 13.8. The Labute approximate surface area is 220 Å². The Bertz CT molecular complexity index is 715. The minimum Gasteiger partial charge on any atom is -0.0756 e. The maximum Gasteiger partial charge on any atom is 0.0308 e. The van der Waals surface area contributed by atoms with Crippen molar-refractivity contribution in [3.63, 3.8) is 0 Å². The van der Waals surface area contributed by atoms with Crippen molar-refractivity contribution in [2.45, 2.75) is 144 Å². The summed E-state index contributed by atoms with van der Waals surface area (Å²) in [6.45, 7) is 64.8. The van der Waals surface area contributed by atoms with E-state index in [1.54, 1.807) is 0 Å². The van der Waals surface area contributed by atoms with Crippen LogP contribution in [0.3, 0.4) is 0 Å². The van der Waals surface area contributed by atoms with Gasteiger partial charge in [0.2, 0.25) is 0 Å². The van der Waals surface area contributed by atoms with Gasteiger partial charge in [-0.2, -0.15) is 0 Å². The van der Waals surface area contributed by atoms with Gasteiger partial charge < -0.3 is 0 Å². The lowest BCUT2D eigenvalue weighted by molar-refractivity contribution is 1.74. The number of rotatable bonds is 6. The largest absolute Gasteiger partial charge is 0.0756 e. The van der Waals surface area contributed by atoms with E-state index in [9.17, 15) is 0 Å². The van der Waals surface area contributed by atoms with Crippen molar-refractivity contribution >= 4 is 78.2 Å². The molecule has 1 saturated heterocycles. The second kappa shape index (κ2) is 8.20. The van der Waals surface area contributed by atoms with E-state index >= 15 is 0 Å². The highest BCUT2D eigenvalue weighted by Crippen LogP contribution is 2.63. The van der Waals surface area contributed by atoms with E-state index < -0.39 is 78.2 Å². The normalized spacial score (nSPS) is 28.2. The van der Waals surface area contributed by atoms with Crippen molar-refractivity contribution in [3.8, 4) is 0 Å². The molecular weight excluding hydrogens is 573 g/mol. The Morgan fingerprint density at radius 3 is 0.727 bits per heavy atom. The van der Waals surface area contributed by atoms with E-state index in [0.29, 0.717) is 0 Å². The molecule has 0 unspecified atom stereocenters. The standard InChI is InChI=1S/C22H66Si11/c1-23(2,3)32(24(4,5)6,25(7,8)9)31(22)28(16,17)29(18,19)33(26(10,11)12,27(13,14)15)30(31,20)21/h1-22H3/t31-/m1/s1. The van der Waals surface area contributed by atoms with Crippen LogP contribution in [0.4, 0.5) is 0 Å². The molecular formula is C22H66Si11. The molecule has 1 aliphatic rings. The summed E-state index contributed by atoms with van der Waals surface area (Å²) in [5.74, 6) is 0. The lowest BCUT2D eigenvalue weighted by Gasteiger charge is -2.72. The first-order valence-corrected chi connectivity index (χ1v) is 57.8. The molecule has 0 spiro atoms. The molecule has 0 N–H and O–H groups in total. The van der Waals surface area contributed by atoms with E-state index in [1.807, 2.05) is 0 Å². The van der Waals surface area contributed by atoms with Crippen LogP contribution in [0, 0.1) is 0 Å². The van der Waals surface area contributed by atoms with E-state index in [0.717, 1.165) is 0 Å². The summed E-state index contributed by atoms with van der Waals surface area (Å²) in [5.41, 5.74) is 0. The summed E-state index contributed by atoms with van der Waals surface area (Å²) in [4.78, 5) is 0. The molecule has 33 heavy (non-hydrogen) atoms. The Balaban J connectivity index is 4.75. The van der Waals surface area contributed by atoms with Gasteiger partial charge in [-0.15, -0.1) is 0 Å². The van der Waals surface area contributed by atoms with E-state index in [1.165, 1.54) is 0 Å². The predicted octanol–water partition coefficient (Wildman–Crippen LogP) is 8.65. The van der Waals surface area contributed by atoms with Gasteiger partial charge in [0.15, 0.2) is 0 Å². The highest BCUT2D eigenvalue weighted by Gasteiger charge is 2.91. The van der Waals surface area contributed by atoms with E-state index in [4.69, 9.17) is 0 Å². The predicted molar refractivity (Wildman–Crippen MR) is 192 cm³/mol. The molecule has 1 heterocycles. The minimum absolute atomic E-state index is 1.25. The van der Waals surface area contributed by atoms with Crippen LogP contribution in [0.5, 0.6) is 0 Å². The van der Waals surface area contributed by atoms with Crippen LogP contribution in [0.2, 0.25) is 144 Å². The average Bonchev–Trinajstić information content (AvgIpc) is 2.44. The Kier molecular flexibility index (Phi) is 8.30. The van der Waals surface area contributed by atoms with Crippen molar-refractivity contribution in [2.24, 2.45) is 0 Å². The van der Waals surface area contributed by atoms with Crippen molar-refractivity contribution in [2.75, 3.05) is 0 Å². The van der Waals surface area contributed by atoms with Gasteiger partial charge in [0.25, 0.3) is 0 Å². The molecule has 0 aliphatic carbocycles. The van der Waals surface area contributed by atoms with Crippen LogP contribution in [0.1, 0.15) is 0 Å². The highest BCUT2D eigenvalue weighted by molar-refractivity contribution is 8.40. The zero-order valence-electron chi connectivity index (χ0n) is 27.5. The maximum absolute atomic E-state index is 3.27. The average molecular weight is 640 g/mol. The summed E-state index contributed by atoms with van der Waals surface area (Å²) in [7, 11) is -10.4. The van der Waals surface area contributed by atoms with Crippen LogP contribution in [-0.4, -0.2) is 78.2 Å². The zero-order valence-corrected chi connectivity index (χ0v) is 38.5. The quantitative estimate of drug-likeness (QED) is 0.255. The molecule has 0 saturated carbocycles. The van der Waals surface area contributed by atoms with Crippen LogP contribution >= 0.6 is 0 Å². The molecule has 1 atom stereocenters. The van der Waals surface area contributed by atoms with Gasteiger partial charge in [-0.05, 0) is 0 Å². The van der Waals surface area contributed by atoms with Crippen LogP contribution in [-0.2, 0) is 0 Å². The Morgan fingerprint density at radius 2 is 0.576 bits per heavy atom. The zero-order chi connectivity index (χ0) is 27.5. The second-order valence-electron chi connectivity index (χ2n) is 18.8. The molecule has 0 nitrogen and oxygen atoms in total. The minimum atomic E-state index is -1.42. The third-order valence-corrected chi connectivity index (χ3v) is 354. The van der Waals surface area contributed by atoms with Gasteiger partial charge in [-0.25, -0.2) is 0 Å². The smallest absolute Gasteiger partial charge is 0.0308 e. The number of hydrogen-bond acceptors (Lipinski definition) is 0. The fourth-order valence-electron chi connectivity index (χ4n) is 14.5. The summed E-state index contributed by atoms with van der Waals surface area (Å²) < 4.78 is 0. The summed E-state index contributed by atoms with van der Waals surface area (Å²) in [5, 5.41) is 0. The molecule has 0 amide bonds. The molecule has 198 valence electrons. The lowest BCUT2D eigenvalue weighted by atomic mass is 11.8. The Hall–Kier alpha value is 2.39. The van der Waals surface area contributed by atoms with Crippen molar-refractivity contribution in [1.29, 1.82) is 0 Å². The van der Waals surface area contributed by atoms with Crippen molar-refractivity contribution in [1.82, 2.24) is 0 Å². The molecule has 11 heteroatoms. The van der Waals surface area contributed by atoms with Gasteiger partial charge in [0, 0.05) is 78.2 Å². The third-order valence-electron chi connectivity index (χ3n) is 12.3. The van der Waals surface area contributed by atoms with Gasteiger partial charge in [0.1, 0.15) is 0 Å². The van der Waals surface area contributed by atoms with Crippen LogP contribution < -0.4 is 0 Å². The highest BCUT2D eigenvalue weighted by atomic mass is 30.6. The first-order valence-electron chi connectivity index (χ1n) is 13.8. The van der Waals surface area contributed by atoms with E-state index in [-0.39, 0.29) is 0 Å². The molecule has 0 aromatic heterocycles. The molecule has 1 rings (SSSR count). The second-order valence-corrected chi connectivity index (χ2v) is 155. The molecule has 0 aromatic carbocycles. The molecule has 0 radical (unpaired) electrons. The first kappa shape index (κ1) is 33.4. The fourth-order valence-corrected chi connectivity index (χ4v) is 735. The lowest BCUT2D eigenvalue weighted by Crippen LogP contribution is -3.03. The topological polar surface area (TPSA) is 0 Å². The van der Waals surface area contributed by atoms with Gasteiger partial charge >= 0.3 is 0 Å². The van der Waals surface area contributed by atoms with Gasteiger partial charge in [0.05, 0.1) is 0 Å². The summed E-state index contributed by atoms with van der Waals surface area (Å²) in [6.07, 6.45) is -2.73. The van der Waals surface area contributed by atoms with Crippen LogP contribution in [0.15, 0.2) is 0 Å². The fraction of sp³-hybridized carbons (Fsp3) is 1.00. The third kappa shape index (κ3) is 3.51.